The van der Waals surface area contributed by atoms with E-state index in [2.05, 4.69) is 5.32 Å². The lowest BCUT2D eigenvalue weighted by Gasteiger charge is -2.14. The van der Waals surface area contributed by atoms with E-state index in [1.165, 1.54) is 6.07 Å². The smallest absolute Gasteiger partial charge is 0.397 e. The number of nitrogens with two attached hydrogens (primary N) is 1. The maximum atomic E-state index is 12.6. The van der Waals surface area contributed by atoms with Gasteiger partial charge in [-0.05, 0) is 36.8 Å². The highest BCUT2D eigenvalue weighted by molar-refractivity contribution is 5.77. The van der Waals surface area contributed by atoms with Gasteiger partial charge >= 0.3 is 6.18 Å². The molecule has 0 fully saturated rings. The van der Waals surface area contributed by atoms with Crippen LogP contribution in [-0.2, 0) is 6.18 Å². The maximum absolute atomic E-state index is 12.6. The average molecular weight is 291 g/mol. The summed E-state index contributed by atoms with van der Waals surface area (Å²) in [6, 6.07) is 10.0. The summed E-state index contributed by atoms with van der Waals surface area (Å²) in [7, 11) is 0. The fraction of sp³-hybridized carbons (Fsp3) is 0.133. The molecule has 0 bridgehead atoms. The van der Waals surface area contributed by atoms with Crippen molar-refractivity contribution in [1.29, 1.82) is 5.26 Å². The topological polar surface area (TPSA) is 61.8 Å². The van der Waals surface area contributed by atoms with Crippen LogP contribution in [0.5, 0.6) is 0 Å². The van der Waals surface area contributed by atoms with E-state index in [0.29, 0.717) is 11.4 Å². The number of rotatable bonds is 2. The number of anilines is 3. The van der Waals surface area contributed by atoms with E-state index >= 15 is 0 Å². The third-order valence-corrected chi connectivity index (χ3v) is 3.06. The summed E-state index contributed by atoms with van der Waals surface area (Å²) < 4.78 is 37.9. The summed E-state index contributed by atoms with van der Waals surface area (Å²) in [6.45, 7) is 1.82. The number of hydrogen-bond donors (Lipinski definition) is 2. The Kier molecular flexibility index (Phi) is 3.76. The molecule has 3 N–H and O–H groups in total. The molecular formula is C15H12F3N3. The molecule has 6 heteroatoms. The highest BCUT2D eigenvalue weighted by Gasteiger charge is 2.31. The molecule has 0 aliphatic rings. The van der Waals surface area contributed by atoms with E-state index in [1.807, 2.05) is 13.0 Å². The number of aryl methyl sites for hydroxylation is 1. The van der Waals surface area contributed by atoms with Gasteiger partial charge in [0, 0.05) is 0 Å². The zero-order chi connectivity index (χ0) is 15.6. The van der Waals surface area contributed by atoms with Crippen LogP contribution in [0.2, 0.25) is 0 Å². The number of para-hydroxylation sites is 1. The summed E-state index contributed by atoms with van der Waals surface area (Å²) in [5, 5.41) is 11.9. The number of halogens is 3. The number of nitrogen functional groups attached to an aromatic ring is 1. The Labute approximate surface area is 119 Å². The van der Waals surface area contributed by atoms with Crippen molar-refractivity contribution in [3.05, 3.63) is 53.1 Å². The normalized spacial score (nSPS) is 11.0. The largest absolute Gasteiger partial charge is 0.416 e. The first-order chi connectivity index (χ1) is 9.82. The molecule has 0 amide bonds. The fourth-order valence-corrected chi connectivity index (χ4v) is 1.86. The Hall–Kier alpha value is -2.68. The molecule has 2 rings (SSSR count). The molecule has 0 aliphatic heterocycles. The van der Waals surface area contributed by atoms with Crippen molar-refractivity contribution in [3.8, 4) is 6.07 Å². The number of hydrogen-bond acceptors (Lipinski definition) is 3. The van der Waals surface area contributed by atoms with Crippen LogP contribution in [0.4, 0.5) is 30.2 Å². The van der Waals surface area contributed by atoms with Crippen molar-refractivity contribution in [2.45, 2.75) is 13.1 Å². The van der Waals surface area contributed by atoms with E-state index in [9.17, 15) is 13.2 Å². The lowest BCUT2D eigenvalue weighted by atomic mass is 10.1. The van der Waals surface area contributed by atoms with Crippen molar-refractivity contribution in [1.82, 2.24) is 0 Å². The molecule has 0 aliphatic carbocycles. The van der Waals surface area contributed by atoms with Gasteiger partial charge in [0.1, 0.15) is 6.07 Å². The summed E-state index contributed by atoms with van der Waals surface area (Å²) in [5.41, 5.74) is 7.10. The molecule has 0 saturated carbocycles. The summed E-state index contributed by atoms with van der Waals surface area (Å²) in [4.78, 5) is 0. The Balaban J connectivity index is 2.42. The summed E-state index contributed by atoms with van der Waals surface area (Å²) in [6.07, 6.45) is -4.48. The summed E-state index contributed by atoms with van der Waals surface area (Å²) >= 11 is 0. The molecule has 0 radical (unpaired) electrons. The molecule has 0 atom stereocenters. The molecule has 21 heavy (non-hydrogen) atoms. The van der Waals surface area contributed by atoms with Crippen LogP contribution in [-0.4, -0.2) is 0 Å². The van der Waals surface area contributed by atoms with Crippen molar-refractivity contribution >= 4 is 17.1 Å². The average Bonchev–Trinajstić information content (AvgIpc) is 2.43. The first-order valence-electron chi connectivity index (χ1n) is 6.06. The minimum Gasteiger partial charge on any atom is -0.397 e. The monoisotopic (exact) mass is 291 g/mol. The Bertz CT molecular complexity index is 715. The highest BCUT2D eigenvalue weighted by atomic mass is 19.4. The van der Waals surface area contributed by atoms with Crippen LogP contribution in [0.3, 0.4) is 0 Å². The van der Waals surface area contributed by atoms with Gasteiger partial charge in [0.05, 0.1) is 28.2 Å². The van der Waals surface area contributed by atoms with E-state index in [0.717, 1.165) is 17.7 Å². The van der Waals surface area contributed by atoms with Gasteiger partial charge in [0.2, 0.25) is 0 Å². The molecular weight excluding hydrogens is 279 g/mol. The molecule has 3 nitrogen and oxygen atoms in total. The number of benzene rings is 2. The van der Waals surface area contributed by atoms with Crippen LogP contribution in [0.25, 0.3) is 0 Å². The number of nitriles is 1. The van der Waals surface area contributed by atoms with E-state index in [1.54, 1.807) is 18.2 Å². The van der Waals surface area contributed by atoms with Gasteiger partial charge < -0.3 is 11.1 Å². The molecule has 0 unspecified atom stereocenters. The highest BCUT2D eigenvalue weighted by Crippen LogP contribution is 2.33. The quantitative estimate of drug-likeness (QED) is 0.815. The van der Waals surface area contributed by atoms with Gasteiger partial charge in [-0.3, -0.25) is 0 Å². The van der Waals surface area contributed by atoms with Gasteiger partial charge in [-0.2, -0.15) is 18.4 Å². The van der Waals surface area contributed by atoms with Crippen LogP contribution >= 0.6 is 0 Å². The van der Waals surface area contributed by atoms with Crippen molar-refractivity contribution in [2.24, 2.45) is 0 Å². The SMILES string of the molecule is Cc1cccc(Nc2ccc(C(F)(F)F)cc2C#N)c1N. The fourth-order valence-electron chi connectivity index (χ4n) is 1.86. The lowest BCUT2D eigenvalue weighted by Crippen LogP contribution is -2.06. The molecule has 0 heterocycles. The Morgan fingerprint density at radius 3 is 2.48 bits per heavy atom. The Morgan fingerprint density at radius 1 is 1.14 bits per heavy atom. The zero-order valence-corrected chi connectivity index (χ0v) is 11.1. The third-order valence-electron chi connectivity index (χ3n) is 3.06. The van der Waals surface area contributed by atoms with Gasteiger partial charge in [0.15, 0.2) is 0 Å². The van der Waals surface area contributed by atoms with E-state index in [-0.39, 0.29) is 11.3 Å². The van der Waals surface area contributed by atoms with Gasteiger partial charge in [-0.1, -0.05) is 12.1 Å². The first-order valence-corrected chi connectivity index (χ1v) is 6.06. The first kappa shape index (κ1) is 14.7. The van der Waals surface area contributed by atoms with Crippen LogP contribution in [0, 0.1) is 18.3 Å². The molecule has 108 valence electrons. The van der Waals surface area contributed by atoms with Crippen LogP contribution in [0.15, 0.2) is 36.4 Å². The number of alkyl halides is 3. The van der Waals surface area contributed by atoms with Gasteiger partial charge in [0.25, 0.3) is 0 Å². The van der Waals surface area contributed by atoms with Crippen LogP contribution in [0.1, 0.15) is 16.7 Å². The predicted octanol–water partition coefficient (Wildman–Crippen LogP) is 4.21. The standard InChI is InChI=1S/C15H12F3N3/c1-9-3-2-4-13(14(9)20)21-12-6-5-11(15(16,17)18)7-10(12)8-19/h2-7,21H,20H2,1H3. The maximum Gasteiger partial charge on any atom is 0.416 e. The van der Waals surface area contributed by atoms with Gasteiger partial charge in [-0.25, -0.2) is 0 Å². The minimum absolute atomic E-state index is 0.0919. The molecule has 2 aromatic carbocycles. The van der Waals surface area contributed by atoms with Crippen molar-refractivity contribution < 1.29 is 13.2 Å². The molecule has 0 aromatic heterocycles. The van der Waals surface area contributed by atoms with E-state index in [4.69, 9.17) is 11.0 Å². The number of nitrogens with zero attached hydrogens (tertiary/aromatic N) is 1. The third kappa shape index (κ3) is 3.08. The predicted molar refractivity (Wildman–Crippen MR) is 75.0 cm³/mol. The van der Waals surface area contributed by atoms with Crippen LogP contribution < -0.4 is 11.1 Å². The van der Waals surface area contributed by atoms with Crippen molar-refractivity contribution in [2.75, 3.05) is 11.1 Å². The zero-order valence-electron chi connectivity index (χ0n) is 11.1. The van der Waals surface area contributed by atoms with Gasteiger partial charge in [-0.15, -0.1) is 0 Å². The number of nitrogens with one attached hydrogen (secondary N) is 1. The second-order valence-electron chi connectivity index (χ2n) is 4.53. The minimum atomic E-state index is -4.48. The summed E-state index contributed by atoms with van der Waals surface area (Å²) in [5.74, 6) is 0. The Morgan fingerprint density at radius 2 is 1.86 bits per heavy atom. The second-order valence-corrected chi connectivity index (χ2v) is 4.53. The van der Waals surface area contributed by atoms with Crippen molar-refractivity contribution in [3.63, 3.8) is 0 Å². The second kappa shape index (κ2) is 5.37. The molecule has 2 aromatic rings. The molecule has 0 saturated heterocycles. The van der Waals surface area contributed by atoms with E-state index < -0.39 is 11.7 Å². The molecule has 0 spiro atoms. The lowest BCUT2D eigenvalue weighted by molar-refractivity contribution is -0.137.